The van der Waals surface area contributed by atoms with Crippen LogP contribution in [0.1, 0.15) is 31.7 Å². The van der Waals surface area contributed by atoms with Crippen molar-refractivity contribution in [1.29, 1.82) is 0 Å². The minimum absolute atomic E-state index is 0.0528. The minimum Gasteiger partial charge on any atom is -0.351 e. The van der Waals surface area contributed by atoms with Crippen LogP contribution in [0.5, 0.6) is 0 Å². The van der Waals surface area contributed by atoms with Crippen molar-refractivity contribution in [3.8, 4) is 0 Å². The van der Waals surface area contributed by atoms with Gasteiger partial charge in [-0.1, -0.05) is 43.5 Å². The van der Waals surface area contributed by atoms with Gasteiger partial charge < -0.3 is 11.1 Å². The van der Waals surface area contributed by atoms with E-state index in [9.17, 15) is 9.18 Å². The third-order valence-electron chi connectivity index (χ3n) is 2.69. The highest BCUT2D eigenvalue weighted by atomic mass is 35.5. The van der Waals surface area contributed by atoms with Gasteiger partial charge in [-0.25, -0.2) is 4.39 Å². The maximum Gasteiger partial charge on any atom is 0.237 e. The number of nitrogens with one attached hydrogen (secondary N) is 1. The zero-order valence-corrected chi connectivity index (χ0v) is 11.1. The van der Waals surface area contributed by atoms with Gasteiger partial charge in [0.15, 0.2) is 0 Å². The van der Waals surface area contributed by atoms with Crippen LogP contribution in [0, 0.1) is 5.82 Å². The topological polar surface area (TPSA) is 55.1 Å². The first-order valence-electron chi connectivity index (χ1n) is 6.02. The fraction of sp³-hybridized carbons (Fsp3) is 0.462. The number of hydrogen-bond acceptors (Lipinski definition) is 2. The highest BCUT2D eigenvalue weighted by Crippen LogP contribution is 2.17. The van der Waals surface area contributed by atoms with Crippen molar-refractivity contribution in [1.82, 2.24) is 5.32 Å². The second-order valence-corrected chi connectivity index (χ2v) is 4.59. The summed E-state index contributed by atoms with van der Waals surface area (Å²) in [5, 5.41) is 2.67. The number of hydrogen-bond donors (Lipinski definition) is 2. The number of halogens is 2. The molecule has 0 aromatic heterocycles. The first-order valence-corrected chi connectivity index (χ1v) is 6.40. The standard InChI is InChI=1S/C13H18ClFN2O/c1-2-3-7-11(16)13(18)17-8-9-5-4-6-10(14)12(9)15/h4-6,11H,2-3,7-8,16H2,1H3,(H,17,18). The first kappa shape index (κ1) is 14.9. The molecule has 100 valence electrons. The molecule has 18 heavy (non-hydrogen) atoms. The predicted octanol–water partition coefficient (Wildman–Crippen LogP) is 2.61. The lowest BCUT2D eigenvalue weighted by Crippen LogP contribution is -2.40. The molecule has 0 aliphatic rings. The quantitative estimate of drug-likeness (QED) is 0.836. The number of nitrogens with two attached hydrogens (primary N) is 1. The Hall–Kier alpha value is -1.13. The summed E-state index contributed by atoms with van der Waals surface area (Å²) in [7, 11) is 0. The van der Waals surface area contributed by atoms with Gasteiger partial charge in [-0.15, -0.1) is 0 Å². The molecule has 3 nitrogen and oxygen atoms in total. The smallest absolute Gasteiger partial charge is 0.237 e. The highest BCUT2D eigenvalue weighted by molar-refractivity contribution is 6.30. The van der Waals surface area contributed by atoms with Crippen LogP contribution >= 0.6 is 11.6 Å². The number of amides is 1. The first-order chi connectivity index (χ1) is 8.56. The van der Waals surface area contributed by atoms with Crippen LogP contribution in [0.4, 0.5) is 4.39 Å². The molecule has 0 aliphatic heterocycles. The summed E-state index contributed by atoms with van der Waals surface area (Å²) >= 11 is 5.65. The lowest BCUT2D eigenvalue weighted by Gasteiger charge is -2.12. The van der Waals surface area contributed by atoms with Crippen molar-refractivity contribution < 1.29 is 9.18 Å². The van der Waals surface area contributed by atoms with Crippen molar-refractivity contribution in [2.75, 3.05) is 0 Å². The molecule has 0 saturated heterocycles. The molecule has 0 fully saturated rings. The van der Waals surface area contributed by atoms with Gasteiger partial charge in [0.1, 0.15) is 5.82 Å². The number of unbranched alkanes of at least 4 members (excludes halogenated alkanes) is 1. The Bertz CT molecular complexity index is 412. The average molecular weight is 273 g/mol. The molecule has 1 amide bonds. The molecule has 0 saturated carbocycles. The summed E-state index contributed by atoms with van der Waals surface area (Å²) in [6.07, 6.45) is 2.53. The SMILES string of the molecule is CCCCC(N)C(=O)NCc1cccc(Cl)c1F. The maximum atomic E-state index is 13.5. The van der Waals surface area contributed by atoms with E-state index >= 15 is 0 Å². The van der Waals surface area contributed by atoms with Gasteiger partial charge >= 0.3 is 0 Å². The maximum absolute atomic E-state index is 13.5. The number of rotatable bonds is 6. The Morgan fingerprint density at radius 1 is 1.56 bits per heavy atom. The third kappa shape index (κ3) is 4.27. The lowest BCUT2D eigenvalue weighted by molar-refractivity contribution is -0.122. The third-order valence-corrected chi connectivity index (χ3v) is 2.98. The van der Waals surface area contributed by atoms with Crippen LogP contribution in [0.15, 0.2) is 18.2 Å². The van der Waals surface area contributed by atoms with E-state index in [1.54, 1.807) is 12.1 Å². The molecular formula is C13H18ClFN2O. The van der Waals surface area contributed by atoms with Gasteiger partial charge in [0, 0.05) is 12.1 Å². The summed E-state index contributed by atoms with van der Waals surface area (Å²) < 4.78 is 13.5. The van der Waals surface area contributed by atoms with Gasteiger partial charge in [-0.3, -0.25) is 4.79 Å². The molecule has 3 N–H and O–H groups in total. The van der Waals surface area contributed by atoms with Crippen LogP contribution in [0.3, 0.4) is 0 Å². The average Bonchev–Trinajstić information content (AvgIpc) is 2.37. The molecule has 1 rings (SSSR count). The van der Waals surface area contributed by atoms with Gasteiger partial charge in [-0.05, 0) is 12.5 Å². The largest absolute Gasteiger partial charge is 0.351 e. The molecule has 0 spiro atoms. The van der Waals surface area contributed by atoms with Crippen molar-refractivity contribution in [3.05, 3.63) is 34.6 Å². The van der Waals surface area contributed by atoms with Crippen molar-refractivity contribution in [2.45, 2.75) is 38.8 Å². The summed E-state index contributed by atoms with van der Waals surface area (Å²) in [5.41, 5.74) is 6.06. The van der Waals surface area contributed by atoms with Crippen LogP contribution in [-0.2, 0) is 11.3 Å². The van der Waals surface area contributed by atoms with E-state index in [4.69, 9.17) is 17.3 Å². The lowest BCUT2D eigenvalue weighted by atomic mass is 10.1. The van der Waals surface area contributed by atoms with E-state index in [0.29, 0.717) is 12.0 Å². The summed E-state index contributed by atoms with van der Waals surface area (Å²) in [6.45, 7) is 2.14. The summed E-state index contributed by atoms with van der Waals surface area (Å²) in [6, 6.07) is 4.16. The fourth-order valence-electron chi connectivity index (χ4n) is 1.55. The zero-order valence-electron chi connectivity index (χ0n) is 10.4. The van der Waals surface area contributed by atoms with E-state index in [-0.39, 0.29) is 17.5 Å². The zero-order chi connectivity index (χ0) is 13.5. The molecular weight excluding hydrogens is 255 g/mol. The Balaban J connectivity index is 2.49. The monoisotopic (exact) mass is 272 g/mol. The summed E-state index contributed by atoms with van der Waals surface area (Å²) in [4.78, 5) is 11.6. The Kier molecular flexibility index (Phi) is 6.09. The van der Waals surface area contributed by atoms with E-state index in [0.717, 1.165) is 12.8 Å². The normalized spacial score (nSPS) is 12.2. The van der Waals surface area contributed by atoms with E-state index in [1.807, 2.05) is 6.92 Å². The second-order valence-electron chi connectivity index (χ2n) is 4.18. The Morgan fingerprint density at radius 3 is 2.94 bits per heavy atom. The van der Waals surface area contributed by atoms with Crippen molar-refractivity contribution in [3.63, 3.8) is 0 Å². The molecule has 5 heteroatoms. The van der Waals surface area contributed by atoms with Crippen LogP contribution in [0.25, 0.3) is 0 Å². The molecule has 1 atom stereocenters. The number of carbonyl (C=O) groups is 1. The molecule has 1 aromatic rings. The number of benzene rings is 1. The highest BCUT2D eigenvalue weighted by Gasteiger charge is 2.13. The Labute approximate surface area is 112 Å². The van der Waals surface area contributed by atoms with Gasteiger partial charge in [0.25, 0.3) is 0 Å². The van der Waals surface area contributed by atoms with Gasteiger partial charge in [-0.2, -0.15) is 0 Å². The van der Waals surface area contributed by atoms with Crippen molar-refractivity contribution in [2.24, 2.45) is 5.73 Å². The van der Waals surface area contributed by atoms with Gasteiger partial charge in [0.05, 0.1) is 11.1 Å². The molecule has 0 aliphatic carbocycles. The van der Waals surface area contributed by atoms with Crippen LogP contribution in [-0.4, -0.2) is 11.9 Å². The van der Waals surface area contributed by atoms with Crippen LogP contribution < -0.4 is 11.1 Å². The van der Waals surface area contributed by atoms with Crippen molar-refractivity contribution >= 4 is 17.5 Å². The molecule has 1 aromatic carbocycles. The molecule has 0 bridgehead atoms. The predicted molar refractivity (Wildman–Crippen MR) is 70.8 cm³/mol. The fourth-order valence-corrected chi connectivity index (χ4v) is 1.75. The van der Waals surface area contributed by atoms with E-state index in [2.05, 4.69) is 5.32 Å². The number of carbonyl (C=O) groups excluding carboxylic acids is 1. The molecule has 1 unspecified atom stereocenters. The minimum atomic E-state index is -0.535. The Morgan fingerprint density at radius 2 is 2.28 bits per heavy atom. The van der Waals surface area contributed by atoms with Gasteiger partial charge in [0.2, 0.25) is 5.91 Å². The second kappa shape index (κ2) is 7.34. The van der Waals surface area contributed by atoms with E-state index in [1.165, 1.54) is 6.07 Å². The van der Waals surface area contributed by atoms with Crippen LogP contribution in [0.2, 0.25) is 5.02 Å². The summed E-state index contributed by atoms with van der Waals surface area (Å²) in [5.74, 6) is -0.760. The molecule has 0 heterocycles. The van der Waals surface area contributed by atoms with E-state index < -0.39 is 11.9 Å². The molecule has 0 radical (unpaired) electrons.